The highest BCUT2D eigenvalue weighted by Crippen LogP contribution is 2.23. The number of likely N-dealkylation sites (tertiary alicyclic amines) is 1. The minimum Gasteiger partial charge on any atom is -0.317 e. The molecule has 2 aliphatic rings. The van der Waals surface area contributed by atoms with Gasteiger partial charge in [-0.05, 0) is 57.7 Å². The molecule has 3 heteroatoms. The van der Waals surface area contributed by atoms with Crippen LogP contribution >= 0.6 is 12.4 Å². The third kappa shape index (κ3) is 3.90. The summed E-state index contributed by atoms with van der Waals surface area (Å²) >= 11 is 0. The predicted molar refractivity (Wildman–Crippen MR) is 72.3 cm³/mol. The van der Waals surface area contributed by atoms with Crippen LogP contribution in [-0.4, -0.2) is 37.1 Å². The molecule has 2 nitrogen and oxygen atoms in total. The Morgan fingerprint density at radius 3 is 2.56 bits per heavy atom. The summed E-state index contributed by atoms with van der Waals surface area (Å²) in [6.07, 6.45) is 8.48. The van der Waals surface area contributed by atoms with Crippen molar-refractivity contribution in [3.8, 4) is 0 Å². The average Bonchev–Trinajstić information content (AvgIpc) is 2.31. The quantitative estimate of drug-likeness (QED) is 0.824. The highest BCUT2D eigenvalue weighted by molar-refractivity contribution is 5.85. The fourth-order valence-electron chi connectivity index (χ4n) is 3.16. The van der Waals surface area contributed by atoms with Crippen molar-refractivity contribution in [1.82, 2.24) is 10.2 Å². The molecule has 0 amide bonds. The van der Waals surface area contributed by atoms with Crippen LogP contribution < -0.4 is 5.32 Å². The van der Waals surface area contributed by atoms with Crippen LogP contribution in [0.2, 0.25) is 0 Å². The van der Waals surface area contributed by atoms with Crippen LogP contribution in [-0.2, 0) is 0 Å². The van der Waals surface area contributed by atoms with Crippen LogP contribution in [0.25, 0.3) is 0 Å². The Morgan fingerprint density at radius 1 is 1.12 bits per heavy atom. The molecule has 2 aliphatic heterocycles. The van der Waals surface area contributed by atoms with E-state index in [1.807, 2.05) is 0 Å². The van der Waals surface area contributed by atoms with Crippen LogP contribution in [0.1, 0.15) is 45.4 Å². The smallest absolute Gasteiger partial charge is 0.00927 e. The molecule has 0 aromatic rings. The molecule has 2 rings (SSSR count). The second kappa shape index (κ2) is 7.52. The van der Waals surface area contributed by atoms with E-state index < -0.39 is 0 Å². The van der Waals surface area contributed by atoms with Crippen LogP contribution in [0.15, 0.2) is 0 Å². The Morgan fingerprint density at radius 2 is 1.88 bits per heavy atom. The lowest BCUT2D eigenvalue weighted by atomic mass is 9.93. The minimum atomic E-state index is 0. The van der Waals surface area contributed by atoms with E-state index in [-0.39, 0.29) is 12.4 Å². The molecule has 0 spiro atoms. The molecule has 1 N–H and O–H groups in total. The zero-order valence-electron chi connectivity index (χ0n) is 10.6. The molecule has 2 fully saturated rings. The molecule has 16 heavy (non-hydrogen) atoms. The molecule has 96 valence electrons. The molecule has 0 aromatic carbocycles. The molecule has 1 unspecified atom stereocenters. The minimum absolute atomic E-state index is 0. The van der Waals surface area contributed by atoms with E-state index in [1.165, 1.54) is 64.7 Å². The molecule has 1 atom stereocenters. The van der Waals surface area contributed by atoms with Crippen LogP contribution in [0.3, 0.4) is 0 Å². The fourth-order valence-corrected chi connectivity index (χ4v) is 3.16. The number of hydrogen-bond acceptors (Lipinski definition) is 2. The van der Waals surface area contributed by atoms with E-state index in [0.29, 0.717) is 0 Å². The molecule has 0 radical (unpaired) electrons. The second-order valence-electron chi connectivity index (χ2n) is 5.25. The highest BCUT2D eigenvalue weighted by atomic mass is 35.5. The predicted octanol–water partition coefficient (Wildman–Crippen LogP) is 2.67. The molecule has 2 saturated heterocycles. The van der Waals surface area contributed by atoms with Gasteiger partial charge in [0, 0.05) is 12.6 Å². The maximum atomic E-state index is 3.46. The Kier molecular flexibility index (Phi) is 6.71. The van der Waals surface area contributed by atoms with Crippen molar-refractivity contribution in [2.24, 2.45) is 5.92 Å². The van der Waals surface area contributed by atoms with Gasteiger partial charge in [0.15, 0.2) is 0 Å². The van der Waals surface area contributed by atoms with Gasteiger partial charge in [-0.25, -0.2) is 0 Å². The lowest BCUT2D eigenvalue weighted by Crippen LogP contribution is -2.43. The maximum Gasteiger partial charge on any atom is 0.00927 e. The summed E-state index contributed by atoms with van der Waals surface area (Å²) in [4.78, 5) is 2.78. The first-order chi connectivity index (χ1) is 7.40. The summed E-state index contributed by atoms with van der Waals surface area (Å²) < 4.78 is 0. The SMILES string of the molecule is CCC1CCCCN1CC1CCNCC1.Cl. The van der Waals surface area contributed by atoms with Crippen LogP contribution in [0.5, 0.6) is 0 Å². The number of hydrogen-bond donors (Lipinski definition) is 1. The average molecular weight is 247 g/mol. The normalized spacial score (nSPS) is 28.7. The zero-order valence-corrected chi connectivity index (χ0v) is 11.4. The van der Waals surface area contributed by atoms with Crippen molar-refractivity contribution in [2.75, 3.05) is 26.2 Å². The van der Waals surface area contributed by atoms with Gasteiger partial charge in [0.25, 0.3) is 0 Å². The lowest BCUT2D eigenvalue weighted by Gasteiger charge is -2.38. The first-order valence-corrected chi connectivity index (χ1v) is 6.85. The Balaban J connectivity index is 0.00000128. The lowest BCUT2D eigenvalue weighted by molar-refractivity contribution is 0.112. The van der Waals surface area contributed by atoms with E-state index in [0.717, 1.165) is 12.0 Å². The third-order valence-corrected chi connectivity index (χ3v) is 4.17. The van der Waals surface area contributed by atoms with E-state index in [4.69, 9.17) is 0 Å². The van der Waals surface area contributed by atoms with Crippen molar-refractivity contribution >= 4 is 12.4 Å². The van der Waals surface area contributed by atoms with Gasteiger partial charge in [-0.3, -0.25) is 0 Å². The van der Waals surface area contributed by atoms with Gasteiger partial charge >= 0.3 is 0 Å². The number of nitrogens with zero attached hydrogens (tertiary/aromatic N) is 1. The van der Waals surface area contributed by atoms with Gasteiger partial charge in [0.1, 0.15) is 0 Å². The van der Waals surface area contributed by atoms with Crippen LogP contribution in [0.4, 0.5) is 0 Å². The van der Waals surface area contributed by atoms with Gasteiger partial charge in [-0.1, -0.05) is 13.3 Å². The summed E-state index contributed by atoms with van der Waals surface area (Å²) in [7, 11) is 0. The number of nitrogens with one attached hydrogen (secondary N) is 1. The molecule has 0 aromatic heterocycles. The summed E-state index contributed by atoms with van der Waals surface area (Å²) in [5, 5.41) is 3.46. The van der Waals surface area contributed by atoms with Crippen molar-refractivity contribution in [1.29, 1.82) is 0 Å². The monoisotopic (exact) mass is 246 g/mol. The molecule has 0 aliphatic carbocycles. The van der Waals surface area contributed by atoms with Gasteiger partial charge < -0.3 is 10.2 Å². The maximum absolute atomic E-state index is 3.46. The van der Waals surface area contributed by atoms with Crippen LogP contribution in [0, 0.1) is 5.92 Å². The Bertz CT molecular complexity index is 181. The summed E-state index contributed by atoms with van der Waals surface area (Å²) in [5.74, 6) is 0.971. The van der Waals surface area contributed by atoms with Crippen molar-refractivity contribution in [2.45, 2.75) is 51.5 Å². The third-order valence-electron chi connectivity index (χ3n) is 4.17. The molecule has 2 heterocycles. The number of rotatable bonds is 3. The van der Waals surface area contributed by atoms with E-state index in [1.54, 1.807) is 0 Å². The Hall–Kier alpha value is 0.210. The molecule has 0 bridgehead atoms. The first kappa shape index (κ1) is 14.3. The van der Waals surface area contributed by atoms with E-state index in [9.17, 15) is 0 Å². The summed E-state index contributed by atoms with van der Waals surface area (Å²) in [6.45, 7) is 7.58. The largest absolute Gasteiger partial charge is 0.317 e. The van der Waals surface area contributed by atoms with Gasteiger partial charge in [0.05, 0.1) is 0 Å². The van der Waals surface area contributed by atoms with Crippen molar-refractivity contribution in [3.63, 3.8) is 0 Å². The highest BCUT2D eigenvalue weighted by Gasteiger charge is 2.24. The van der Waals surface area contributed by atoms with E-state index >= 15 is 0 Å². The van der Waals surface area contributed by atoms with Gasteiger partial charge in [0.2, 0.25) is 0 Å². The van der Waals surface area contributed by atoms with Crippen molar-refractivity contribution < 1.29 is 0 Å². The van der Waals surface area contributed by atoms with E-state index in [2.05, 4.69) is 17.1 Å². The van der Waals surface area contributed by atoms with Gasteiger partial charge in [-0.2, -0.15) is 0 Å². The number of piperidine rings is 2. The molecular weight excluding hydrogens is 220 g/mol. The summed E-state index contributed by atoms with van der Waals surface area (Å²) in [5.41, 5.74) is 0. The number of halogens is 1. The second-order valence-corrected chi connectivity index (χ2v) is 5.25. The summed E-state index contributed by atoms with van der Waals surface area (Å²) in [6, 6.07) is 0.897. The topological polar surface area (TPSA) is 15.3 Å². The first-order valence-electron chi connectivity index (χ1n) is 6.85. The standard InChI is InChI=1S/C13H26N2.ClH/c1-2-13-5-3-4-10-15(13)11-12-6-8-14-9-7-12;/h12-14H,2-11H2,1H3;1H. The zero-order chi connectivity index (χ0) is 10.5. The van der Waals surface area contributed by atoms with Gasteiger partial charge in [-0.15, -0.1) is 12.4 Å². The fraction of sp³-hybridized carbons (Fsp3) is 1.00. The molecular formula is C13H27ClN2. The Labute approximate surface area is 107 Å². The molecule has 0 saturated carbocycles. The van der Waals surface area contributed by atoms with Crippen molar-refractivity contribution in [3.05, 3.63) is 0 Å².